The van der Waals surface area contributed by atoms with Crippen molar-refractivity contribution in [2.45, 2.75) is 69.7 Å². The molecule has 0 N–H and O–H groups in total. The number of aromatic nitrogens is 1. The summed E-state index contributed by atoms with van der Waals surface area (Å²) in [6.45, 7) is 5.51. The van der Waals surface area contributed by atoms with E-state index in [-0.39, 0.29) is 0 Å². The summed E-state index contributed by atoms with van der Waals surface area (Å²) in [5.74, 6) is 0.595. The summed E-state index contributed by atoms with van der Waals surface area (Å²) < 4.78 is 30.4. The molecule has 0 amide bonds. The van der Waals surface area contributed by atoms with E-state index in [1.165, 1.54) is 24.8 Å². The number of nitrogens with zero attached hydrogens (tertiary/aromatic N) is 3. The van der Waals surface area contributed by atoms with Crippen LogP contribution in [0.5, 0.6) is 0 Å². The Morgan fingerprint density at radius 2 is 1.54 bits per heavy atom. The minimum Gasteiger partial charge on any atom is -0.313 e. The van der Waals surface area contributed by atoms with Gasteiger partial charge in [-0.1, -0.05) is 56.0 Å². The van der Waals surface area contributed by atoms with Crippen molar-refractivity contribution >= 4 is 27.0 Å². The summed E-state index contributed by atoms with van der Waals surface area (Å²) in [4.78, 5) is 6.40. The first-order valence-electron chi connectivity index (χ1n) is 12.8. The van der Waals surface area contributed by atoms with Gasteiger partial charge in [0.2, 0.25) is 10.0 Å². The molecule has 5 rings (SSSR count). The molecule has 1 aromatic heterocycles. The number of hydrogen-bond donors (Lipinski definition) is 0. The lowest BCUT2D eigenvalue weighted by Gasteiger charge is -2.29. The molecule has 1 saturated heterocycles. The highest BCUT2D eigenvalue weighted by Crippen LogP contribution is 2.33. The third-order valence-corrected chi connectivity index (χ3v) is 10.2. The molecule has 0 spiro atoms. The van der Waals surface area contributed by atoms with Crippen LogP contribution in [0.1, 0.15) is 63.5 Å². The maximum absolute atomic E-state index is 13.2. The van der Waals surface area contributed by atoms with Crippen molar-refractivity contribution < 1.29 is 8.42 Å². The van der Waals surface area contributed by atoms with Crippen LogP contribution in [0.4, 0.5) is 5.69 Å². The number of thiazole rings is 1. The molecule has 2 aromatic carbocycles. The van der Waals surface area contributed by atoms with Gasteiger partial charge in [-0.2, -0.15) is 4.31 Å². The number of piperidine rings is 1. The van der Waals surface area contributed by atoms with Crippen LogP contribution in [0.3, 0.4) is 0 Å². The molecule has 2 heterocycles. The van der Waals surface area contributed by atoms with Gasteiger partial charge in [-0.25, -0.2) is 13.4 Å². The summed E-state index contributed by atoms with van der Waals surface area (Å²) in [6.07, 6.45) is 7.95. The summed E-state index contributed by atoms with van der Waals surface area (Å²) in [7, 11) is -3.44. The largest absolute Gasteiger partial charge is 0.313 e. The molecule has 0 atom stereocenters. The second-order valence-corrected chi connectivity index (χ2v) is 12.9. The van der Waals surface area contributed by atoms with Gasteiger partial charge in [-0.15, -0.1) is 11.3 Å². The molecule has 1 saturated carbocycles. The van der Waals surface area contributed by atoms with Gasteiger partial charge in [-0.05, 0) is 68.4 Å². The van der Waals surface area contributed by atoms with Gasteiger partial charge in [0.1, 0.15) is 0 Å². The van der Waals surface area contributed by atoms with Gasteiger partial charge in [0.15, 0.2) is 4.80 Å². The Bertz CT molecular complexity index is 1310. The van der Waals surface area contributed by atoms with Crippen LogP contribution in [0.25, 0.3) is 11.3 Å². The second-order valence-electron chi connectivity index (χ2n) is 10.1. The Balaban J connectivity index is 1.49. The van der Waals surface area contributed by atoms with Gasteiger partial charge in [0.25, 0.3) is 0 Å². The van der Waals surface area contributed by atoms with E-state index in [9.17, 15) is 8.42 Å². The summed E-state index contributed by atoms with van der Waals surface area (Å²) in [5.41, 5.74) is 4.36. The van der Waals surface area contributed by atoms with Crippen molar-refractivity contribution in [3.05, 3.63) is 64.3 Å². The number of rotatable bonds is 5. The third-order valence-electron chi connectivity index (χ3n) is 7.47. The molecule has 0 unspecified atom stereocenters. The molecule has 1 aliphatic carbocycles. The topological polar surface area (TPSA) is 54.7 Å². The Morgan fingerprint density at radius 1 is 0.886 bits per heavy atom. The first-order chi connectivity index (χ1) is 16.9. The SMILES string of the molecule is Cc1ccc(N=c2scc(-c3ccc(S(=O)(=O)N4CCC(C)CC4)cc3)n2C2CCCCC2)cc1. The van der Waals surface area contributed by atoms with Crippen LogP contribution in [0.15, 0.2) is 63.8 Å². The van der Waals surface area contributed by atoms with Crippen molar-refractivity contribution in [2.75, 3.05) is 13.1 Å². The molecule has 35 heavy (non-hydrogen) atoms. The Labute approximate surface area is 213 Å². The van der Waals surface area contributed by atoms with Crippen LogP contribution in [-0.2, 0) is 10.0 Å². The van der Waals surface area contributed by atoms with E-state index in [4.69, 9.17) is 4.99 Å². The maximum Gasteiger partial charge on any atom is 0.243 e. The Morgan fingerprint density at radius 3 is 2.20 bits per heavy atom. The zero-order valence-electron chi connectivity index (χ0n) is 20.7. The summed E-state index contributed by atoms with van der Waals surface area (Å²) in [5, 5.41) is 2.18. The molecule has 7 heteroatoms. The van der Waals surface area contributed by atoms with E-state index in [2.05, 4.69) is 48.1 Å². The number of hydrogen-bond acceptors (Lipinski definition) is 4. The van der Waals surface area contributed by atoms with Crippen molar-refractivity contribution in [1.82, 2.24) is 8.87 Å². The molecule has 0 bridgehead atoms. The van der Waals surface area contributed by atoms with Crippen LogP contribution in [-0.4, -0.2) is 30.4 Å². The molecule has 2 fully saturated rings. The van der Waals surface area contributed by atoms with Gasteiger partial charge < -0.3 is 4.57 Å². The fourth-order valence-electron chi connectivity index (χ4n) is 5.21. The quantitative estimate of drug-likeness (QED) is 0.385. The van der Waals surface area contributed by atoms with Crippen LogP contribution in [0.2, 0.25) is 0 Å². The molecule has 2 aliphatic rings. The summed E-state index contributed by atoms with van der Waals surface area (Å²) in [6, 6.07) is 16.3. The molecule has 0 radical (unpaired) electrons. The number of benzene rings is 2. The molecular formula is C28H35N3O2S2. The molecular weight excluding hydrogens is 474 g/mol. The zero-order valence-corrected chi connectivity index (χ0v) is 22.3. The molecule has 5 nitrogen and oxygen atoms in total. The second kappa shape index (κ2) is 10.4. The lowest BCUT2D eigenvalue weighted by Crippen LogP contribution is -2.37. The Hall–Kier alpha value is -2.22. The average Bonchev–Trinajstić information content (AvgIpc) is 3.30. The van der Waals surface area contributed by atoms with E-state index < -0.39 is 10.0 Å². The lowest BCUT2D eigenvalue weighted by molar-refractivity contribution is 0.288. The highest BCUT2D eigenvalue weighted by Gasteiger charge is 2.28. The van der Waals surface area contributed by atoms with Crippen molar-refractivity contribution in [3.63, 3.8) is 0 Å². The van der Waals surface area contributed by atoms with E-state index in [1.54, 1.807) is 27.8 Å². The highest BCUT2D eigenvalue weighted by molar-refractivity contribution is 7.89. The third kappa shape index (κ3) is 5.32. The van der Waals surface area contributed by atoms with Gasteiger partial charge in [0, 0.05) is 24.5 Å². The average molecular weight is 510 g/mol. The summed E-state index contributed by atoms with van der Waals surface area (Å²) >= 11 is 1.67. The van der Waals surface area contributed by atoms with E-state index >= 15 is 0 Å². The number of aryl methyl sites for hydroxylation is 1. The van der Waals surface area contributed by atoms with Gasteiger partial charge in [0.05, 0.1) is 16.3 Å². The Kier molecular flexibility index (Phi) is 7.28. The van der Waals surface area contributed by atoms with E-state index in [0.717, 1.165) is 47.4 Å². The van der Waals surface area contributed by atoms with Crippen LogP contribution in [0, 0.1) is 12.8 Å². The van der Waals surface area contributed by atoms with Crippen LogP contribution < -0.4 is 4.80 Å². The minimum atomic E-state index is -3.44. The van der Waals surface area contributed by atoms with Gasteiger partial charge >= 0.3 is 0 Å². The smallest absolute Gasteiger partial charge is 0.243 e. The molecule has 1 aliphatic heterocycles. The van der Waals surface area contributed by atoms with Crippen molar-refractivity contribution in [3.8, 4) is 11.3 Å². The van der Waals surface area contributed by atoms with Crippen molar-refractivity contribution in [1.29, 1.82) is 0 Å². The minimum absolute atomic E-state index is 0.389. The van der Waals surface area contributed by atoms with Gasteiger partial charge in [-0.3, -0.25) is 0 Å². The zero-order chi connectivity index (χ0) is 24.4. The maximum atomic E-state index is 13.2. The first kappa shape index (κ1) is 24.5. The lowest BCUT2D eigenvalue weighted by atomic mass is 9.95. The standard InChI is InChI=1S/C28H35N3O2S2/c1-21-8-12-24(13-9-21)29-28-31(25-6-4-3-5-7-25)27(20-34-28)23-10-14-26(15-11-23)35(32,33)30-18-16-22(2)17-19-30/h8-15,20,22,25H,3-7,16-19H2,1-2H3. The van der Waals surface area contributed by atoms with E-state index in [1.807, 2.05) is 12.1 Å². The molecule has 186 valence electrons. The number of sulfonamides is 1. The predicted molar refractivity (Wildman–Crippen MR) is 143 cm³/mol. The first-order valence-corrected chi connectivity index (χ1v) is 15.2. The van der Waals surface area contributed by atoms with Crippen molar-refractivity contribution in [2.24, 2.45) is 10.9 Å². The van der Waals surface area contributed by atoms with E-state index in [0.29, 0.717) is 29.9 Å². The fourth-order valence-corrected chi connectivity index (χ4v) is 7.66. The monoisotopic (exact) mass is 509 g/mol. The highest BCUT2D eigenvalue weighted by atomic mass is 32.2. The normalized spacial score (nSPS) is 19.3. The molecule has 3 aromatic rings. The van der Waals surface area contributed by atoms with Crippen LogP contribution >= 0.6 is 11.3 Å². The fraction of sp³-hybridized carbons (Fsp3) is 0.464. The predicted octanol–water partition coefficient (Wildman–Crippen LogP) is 6.68.